The van der Waals surface area contributed by atoms with Crippen molar-refractivity contribution in [3.63, 3.8) is 0 Å². The minimum absolute atomic E-state index is 0.0850. The maximum Gasteiger partial charge on any atom is 0.356 e. The molecule has 0 bridgehead atoms. The van der Waals surface area contributed by atoms with Gasteiger partial charge in [0.2, 0.25) is 0 Å². The average molecular weight is 451 g/mol. The zero-order valence-electron chi connectivity index (χ0n) is 18.4. The molecule has 168 valence electrons. The lowest BCUT2D eigenvalue weighted by Crippen LogP contribution is -2.33. The Balaban J connectivity index is 1.65. The van der Waals surface area contributed by atoms with E-state index in [9.17, 15) is 14.4 Å². The van der Waals surface area contributed by atoms with Crippen molar-refractivity contribution in [3.05, 3.63) is 133 Å². The first-order valence-corrected chi connectivity index (χ1v) is 10.8. The number of hydrogen-bond acceptors (Lipinski definition) is 5. The van der Waals surface area contributed by atoms with E-state index in [1.807, 2.05) is 60.7 Å². The minimum atomic E-state index is -0.560. The molecule has 0 unspecified atom stereocenters. The Labute approximate surface area is 195 Å². The van der Waals surface area contributed by atoms with E-state index in [0.717, 1.165) is 22.3 Å². The maximum absolute atomic E-state index is 13.1. The number of benzene rings is 2. The van der Waals surface area contributed by atoms with E-state index in [-0.39, 0.29) is 18.2 Å². The Morgan fingerprint density at radius 1 is 0.912 bits per heavy atom. The fraction of sp³-hybridized carbons (Fsp3) is 0.111. The largest absolute Gasteiger partial charge is 0.464 e. The molecule has 2 aromatic carbocycles. The van der Waals surface area contributed by atoms with Crippen molar-refractivity contribution in [2.24, 2.45) is 0 Å². The third-order valence-electron chi connectivity index (χ3n) is 5.94. The molecule has 34 heavy (non-hydrogen) atoms. The lowest BCUT2D eigenvalue weighted by molar-refractivity contribution is 0.0593. The van der Waals surface area contributed by atoms with E-state index in [1.165, 1.54) is 11.7 Å². The predicted molar refractivity (Wildman–Crippen MR) is 129 cm³/mol. The number of esters is 1. The molecule has 0 atom stereocenters. The molecule has 0 radical (unpaired) electrons. The molecular weight excluding hydrogens is 430 g/mol. The monoisotopic (exact) mass is 451 g/mol. The lowest BCUT2D eigenvalue weighted by atomic mass is 9.83. The fourth-order valence-electron chi connectivity index (χ4n) is 4.34. The zero-order chi connectivity index (χ0) is 23.7. The molecule has 0 spiro atoms. The van der Waals surface area contributed by atoms with Gasteiger partial charge in [-0.3, -0.25) is 14.3 Å². The molecule has 5 rings (SSSR count). The van der Waals surface area contributed by atoms with Gasteiger partial charge in [-0.05, 0) is 34.4 Å². The van der Waals surface area contributed by atoms with Crippen LogP contribution in [0.1, 0.15) is 49.9 Å². The number of carbonyl (C=O) groups is 1. The summed E-state index contributed by atoms with van der Waals surface area (Å²) in [4.78, 5) is 44.4. The van der Waals surface area contributed by atoms with E-state index in [0.29, 0.717) is 11.3 Å². The average Bonchev–Trinajstić information content (AvgIpc) is 3.02. The first-order chi connectivity index (χ1) is 16.5. The zero-order valence-corrected chi connectivity index (χ0v) is 18.4. The van der Waals surface area contributed by atoms with Crippen LogP contribution in [0.4, 0.5) is 0 Å². The maximum atomic E-state index is 13.1. The van der Waals surface area contributed by atoms with Crippen LogP contribution in [-0.2, 0) is 11.3 Å². The van der Waals surface area contributed by atoms with Crippen molar-refractivity contribution < 1.29 is 9.53 Å². The second-order valence-electron chi connectivity index (χ2n) is 8.00. The molecule has 7 nitrogen and oxygen atoms in total. The van der Waals surface area contributed by atoms with Crippen LogP contribution in [0.15, 0.2) is 82.5 Å². The molecule has 1 aliphatic carbocycles. The molecule has 7 heteroatoms. The molecule has 2 aromatic heterocycles. The highest BCUT2D eigenvalue weighted by Crippen LogP contribution is 2.37. The summed E-state index contributed by atoms with van der Waals surface area (Å²) in [6, 6.07) is 20.8. The Morgan fingerprint density at radius 3 is 2.21 bits per heavy atom. The Kier molecular flexibility index (Phi) is 5.51. The third-order valence-corrected chi connectivity index (χ3v) is 5.94. The summed E-state index contributed by atoms with van der Waals surface area (Å²) in [5, 5.41) is 0. The van der Waals surface area contributed by atoms with Crippen molar-refractivity contribution in [1.82, 2.24) is 14.5 Å². The van der Waals surface area contributed by atoms with Gasteiger partial charge in [0.15, 0.2) is 0 Å². The topological polar surface area (TPSA) is 94.0 Å². The van der Waals surface area contributed by atoms with Gasteiger partial charge >= 0.3 is 11.7 Å². The van der Waals surface area contributed by atoms with Gasteiger partial charge in [-0.1, -0.05) is 66.7 Å². The highest BCUT2D eigenvalue weighted by atomic mass is 16.5. The van der Waals surface area contributed by atoms with Crippen LogP contribution in [0.5, 0.6) is 0 Å². The number of aromatic amines is 1. The summed E-state index contributed by atoms with van der Waals surface area (Å²) in [5.74, 6) is -0.928. The van der Waals surface area contributed by atoms with Gasteiger partial charge in [-0.25, -0.2) is 14.6 Å². The second-order valence-corrected chi connectivity index (χ2v) is 8.00. The molecule has 4 aromatic rings. The number of methoxy groups -OCH3 is 1. The molecule has 0 saturated heterocycles. The van der Waals surface area contributed by atoms with Crippen LogP contribution in [0.3, 0.4) is 0 Å². The lowest BCUT2D eigenvalue weighted by Gasteiger charge is -2.21. The summed E-state index contributed by atoms with van der Waals surface area (Å²) in [6.45, 7) is 0.0850. The molecule has 0 amide bonds. The molecule has 1 aliphatic rings. The third kappa shape index (κ3) is 3.88. The Hall–Kier alpha value is -4.52. The van der Waals surface area contributed by atoms with Gasteiger partial charge in [0.25, 0.3) is 5.56 Å². The van der Waals surface area contributed by atoms with E-state index >= 15 is 0 Å². The van der Waals surface area contributed by atoms with Crippen molar-refractivity contribution in [2.45, 2.75) is 12.5 Å². The first-order valence-electron chi connectivity index (χ1n) is 10.8. The van der Waals surface area contributed by atoms with Crippen LogP contribution < -0.4 is 11.2 Å². The van der Waals surface area contributed by atoms with Crippen LogP contribution in [0, 0.1) is 0 Å². The molecule has 1 N–H and O–H groups in total. The number of rotatable bonds is 4. The van der Waals surface area contributed by atoms with Crippen molar-refractivity contribution in [1.29, 1.82) is 0 Å². The van der Waals surface area contributed by atoms with Crippen LogP contribution in [0.2, 0.25) is 0 Å². The second kappa shape index (κ2) is 8.78. The minimum Gasteiger partial charge on any atom is -0.464 e. The quantitative estimate of drug-likeness (QED) is 0.423. The van der Waals surface area contributed by atoms with Crippen LogP contribution in [-0.4, -0.2) is 27.6 Å². The number of pyridine rings is 1. The van der Waals surface area contributed by atoms with Crippen LogP contribution >= 0.6 is 0 Å². The standard InChI is InChI=1S/C27H21N3O4/c1-34-26(32)23-12-6-9-19(28-23)15-30-16-22(25(31)29-27(30)33)24-20-10-4-2-7-17(20)13-14-18-8-3-5-11-21(18)24/h2-14,16,24H,15H2,1H3,(H,29,31,33). The predicted octanol–water partition coefficient (Wildman–Crippen LogP) is 3.43. The number of nitrogens with one attached hydrogen (secondary N) is 1. The van der Waals surface area contributed by atoms with E-state index in [2.05, 4.69) is 9.97 Å². The van der Waals surface area contributed by atoms with E-state index in [4.69, 9.17) is 4.74 Å². The van der Waals surface area contributed by atoms with Gasteiger partial charge in [-0.15, -0.1) is 0 Å². The Bertz CT molecular complexity index is 1500. The molecular formula is C27H21N3O4. The summed E-state index contributed by atoms with van der Waals surface area (Å²) < 4.78 is 6.14. The van der Waals surface area contributed by atoms with Crippen molar-refractivity contribution in [3.8, 4) is 0 Å². The smallest absolute Gasteiger partial charge is 0.356 e. The number of H-pyrrole nitrogens is 1. The molecule has 0 fully saturated rings. The number of hydrogen-bond donors (Lipinski definition) is 1. The summed E-state index contributed by atoms with van der Waals surface area (Å²) >= 11 is 0. The first kappa shape index (κ1) is 21.3. The van der Waals surface area contributed by atoms with E-state index in [1.54, 1.807) is 24.4 Å². The molecule has 2 heterocycles. The SMILES string of the molecule is COC(=O)c1cccc(Cn2cc(C3c4ccccc4C=Cc4ccccc43)c(=O)[nH]c2=O)n1. The van der Waals surface area contributed by atoms with Crippen LogP contribution in [0.25, 0.3) is 12.2 Å². The summed E-state index contributed by atoms with van der Waals surface area (Å²) in [7, 11) is 1.28. The van der Waals surface area contributed by atoms with Gasteiger partial charge in [-0.2, -0.15) is 0 Å². The highest BCUT2D eigenvalue weighted by molar-refractivity contribution is 5.87. The highest BCUT2D eigenvalue weighted by Gasteiger charge is 2.26. The number of ether oxygens (including phenoxy) is 1. The van der Waals surface area contributed by atoms with E-state index < -0.39 is 17.2 Å². The van der Waals surface area contributed by atoms with Crippen molar-refractivity contribution in [2.75, 3.05) is 7.11 Å². The number of fused-ring (bicyclic) bond motifs is 2. The normalized spacial score (nSPS) is 12.5. The van der Waals surface area contributed by atoms with Gasteiger partial charge < -0.3 is 4.74 Å². The molecule has 0 aliphatic heterocycles. The number of carbonyl (C=O) groups excluding carboxylic acids is 1. The number of nitrogens with zero attached hydrogens (tertiary/aromatic N) is 2. The van der Waals surface area contributed by atoms with Gasteiger partial charge in [0.05, 0.1) is 19.3 Å². The Morgan fingerprint density at radius 2 is 1.56 bits per heavy atom. The van der Waals surface area contributed by atoms with Gasteiger partial charge in [0, 0.05) is 17.7 Å². The summed E-state index contributed by atoms with van der Waals surface area (Å²) in [6.07, 6.45) is 5.68. The fourth-order valence-corrected chi connectivity index (χ4v) is 4.34. The van der Waals surface area contributed by atoms with Crippen molar-refractivity contribution >= 4 is 18.1 Å². The molecule has 0 saturated carbocycles. The van der Waals surface area contributed by atoms with Gasteiger partial charge in [0.1, 0.15) is 5.69 Å². The summed E-state index contributed by atoms with van der Waals surface area (Å²) in [5.41, 5.74) is 4.08. The number of aromatic nitrogens is 3.